The second-order valence-corrected chi connectivity index (χ2v) is 2.82. The van der Waals surface area contributed by atoms with Crippen LogP contribution >= 0.6 is 12.6 Å². The van der Waals surface area contributed by atoms with Crippen molar-refractivity contribution in [3.05, 3.63) is 29.8 Å². The maximum absolute atomic E-state index is 5.23. The molecule has 0 N–H and O–H groups in total. The number of rotatable bonds is 3. The Bertz CT molecular complexity index is 205. The lowest BCUT2D eigenvalue weighted by Crippen LogP contribution is -1.90. The van der Waals surface area contributed by atoms with Gasteiger partial charge >= 0.3 is 0 Å². The van der Waals surface area contributed by atoms with Crippen LogP contribution < -0.4 is 0 Å². The van der Waals surface area contributed by atoms with E-state index < -0.39 is 0 Å². The summed E-state index contributed by atoms with van der Waals surface area (Å²) >= 11 is 4.18. The summed E-state index contributed by atoms with van der Waals surface area (Å²) in [4.78, 5) is 0.991. The largest absolute Gasteiger partial charge is 0.377 e. The molecule has 1 aromatic carbocycles. The van der Waals surface area contributed by atoms with Gasteiger partial charge in [0.1, 0.15) is 0 Å². The summed E-state index contributed by atoms with van der Waals surface area (Å²) in [6.07, 6.45) is 0. The van der Waals surface area contributed by atoms with Gasteiger partial charge in [-0.3, -0.25) is 0 Å². The predicted molar refractivity (Wildman–Crippen MR) is 49.0 cm³/mol. The van der Waals surface area contributed by atoms with Gasteiger partial charge in [-0.15, -0.1) is 12.6 Å². The molecule has 0 spiro atoms. The van der Waals surface area contributed by atoms with E-state index >= 15 is 0 Å². The standard InChI is InChI=1S/C9H12OS/c1-2-10-7-8-3-5-9(11)6-4-8/h3-6,11H,2,7H2,1H3. The Labute approximate surface area is 72.8 Å². The Morgan fingerprint density at radius 1 is 1.27 bits per heavy atom. The van der Waals surface area contributed by atoms with Gasteiger partial charge < -0.3 is 4.74 Å². The quantitative estimate of drug-likeness (QED) is 0.682. The number of hydrogen-bond acceptors (Lipinski definition) is 2. The average Bonchev–Trinajstić information content (AvgIpc) is 2.04. The summed E-state index contributed by atoms with van der Waals surface area (Å²) in [5.41, 5.74) is 1.20. The van der Waals surface area contributed by atoms with Crippen LogP contribution in [0.25, 0.3) is 0 Å². The van der Waals surface area contributed by atoms with Gasteiger partial charge in [0.15, 0.2) is 0 Å². The van der Waals surface area contributed by atoms with E-state index in [0.29, 0.717) is 6.61 Å². The van der Waals surface area contributed by atoms with E-state index in [1.807, 2.05) is 31.2 Å². The zero-order chi connectivity index (χ0) is 8.10. The van der Waals surface area contributed by atoms with Crippen LogP contribution in [0.4, 0.5) is 0 Å². The SMILES string of the molecule is CCOCc1ccc(S)cc1. The smallest absolute Gasteiger partial charge is 0.0716 e. The topological polar surface area (TPSA) is 9.23 Å². The summed E-state index contributed by atoms with van der Waals surface area (Å²) in [6.45, 7) is 3.46. The maximum atomic E-state index is 5.23. The molecule has 2 heteroatoms. The van der Waals surface area contributed by atoms with Gasteiger partial charge in [0.05, 0.1) is 6.61 Å². The molecule has 60 valence electrons. The molecule has 0 unspecified atom stereocenters. The van der Waals surface area contributed by atoms with Crippen LogP contribution in [0.3, 0.4) is 0 Å². The molecule has 1 aromatic rings. The Hall–Kier alpha value is -0.470. The molecule has 11 heavy (non-hydrogen) atoms. The minimum absolute atomic E-state index is 0.699. The lowest BCUT2D eigenvalue weighted by atomic mass is 10.2. The second kappa shape index (κ2) is 4.42. The van der Waals surface area contributed by atoms with Crippen LogP contribution in [-0.4, -0.2) is 6.61 Å². The van der Waals surface area contributed by atoms with Crippen molar-refractivity contribution in [2.45, 2.75) is 18.4 Å². The van der Waals surface area contributed by atoms with Crippen molar-refractivity contribution in [2.24, 2.45) is 0 Å². The summed E-state index contributed by atoms with van der Waals surface area (Å²) < 4.78 is 5.23. The minimum atomic E-state index is 0.699. The number of thiol groups is 1. The zero-order valence-electron chi connectivity index (χ0n) is 6.58. The van der Waals surface area contributed by atoms with Crippen molar-refractivity contribution in [2.75, 3.05) is 6.61 Å². The van der Waals surface area contributed by atoms with Gasteiger partial charge in [-0.25, -0.2) is 0 Å². The zero-order valence-corrected chi connectivity index (χ0v) is 7.47. The number of ether oxygens (including phenoxy) is 1. The molecule has 0 bridgehead atoms. The number of hydrogen-bond donors (Lipinski definition) is 1. The summed E-state index contributed by atoms with van der Waals surface area (Å²) in [5, 5.41) is 0. The van der Waals surface area contributed by atoms with Crippen LogP contribution in [0.15, 0.2) is 29.2 Å². The molecule has 0 aliphatic carbocycles. The molecule has 1 nitrogen and oxygen atoms in total. The molecule has 0 atom stereocenters. The molecule has 0 saturated carbocycles. The Balaban J connectivity index is 2.52. The first kappa shape index (κ1) is 8.62. The monoisotopic (exact) mass is 168 g/mol. The van der Waals surface area contributed by atoms with Gasteiger partial charge in [0.25, 0.3) is 0 Å². The lowest BCUT2D eigenvalue weighted by Gasteiger charge is -2.00. The molecule has 0 saturated heterocycles. The molecule has 1 rings (SSSR count). The normalized spacial score (nSPS) is 10.0. The van der Waals surface area contributed by atoms with Crippen molar-refractivity contribution >= 4 is 12.6 Å². The van der Waals surface area contributed by atoms with Gasteiger partial charge in [-0.2, -0.15) is 0 Å². The van der Waals surface area contributed by atoms with Gasteiger partial charge in [0, 0.05) is 11.5 Å². The van der Waals surface area contributed by atoms with Crippen LogP contribution in [0.1, 0.15) is 12.5 Å². The van der Waals surface area contributed by atoms with Gasteiger partial charge in [-0.1, -0.05) is 12.1 Å². The third kappa shape index (κ3) is 2.95. The fraction of sp³-hybridized carbons (Fsp3) is 0.333. The third-order valence-electron chi connectivity index (χ3n) is 1.41. The highest BCUT2D eigenvalue weighted by Gasteiger charge is 1.90. The van der Waals surface area contributed by atoms with Crippen LogP contribution in [0.2, 0.25) is 0 Å². The third-order valence-corrected chi connectivity index (χ3v) is 1.71. The highest BCUT2D eigenvalue weighted by Crippen LogP contribution is 2.08. The Kier molecular flexibility index (Phi) is 3.46. The van der Waals surface area contributed by atoms with Crippen LogP contribution in [0, 0.1) is 0 Å². The van der Waals surface area contributed by atoms with E-state index in [-0.39, 0.29) is 0 Å². The first-order chi connectivity index (χ1) is 5.33. The predicted octanol–water partition coefficient (Wildman–Crippen LogP) is 2.51. The summed E-state index contributed by atoms with van der Waals surface area (Å²) in [6, 6.07) is 7.99. The van der Waals surface area contributed by atoms with Crippen molar-refractivity contribution in [1.29, 1.82) is 0 Å². The highest BCUT2D eigenvalue weighted by molar-refractivity contribution is 7.80. The Morgan fingerprint density at radius 3 is 2.45 bits per heavy atom. The lowest BCUT2D eigenvalue weighted by molar-refractivity contribution is 0.134. The average molecular weight is 168 g/mol. The van der Waals surface area contributed by atoms with E-state index in [2.05, 4.69) is 12.6 Å². The minimum Gasteiger partial charge on any atom is -0.377 e. The van der Waals surface area contributed by atoms with E-state index in [1.165, 1.54) is 5.56 Å². The van der Waals surface area contributed by atoms with Gasteiger partial charge in [0.2, 0.25) is 0 Å². The van der Waals surface area contributed by atoms with Crippen LogP contribution in [0.5, 0.6) is 0 Å². The van der Waals surface area contributed by atoms with Crippen molar-refractivity contribution in [3.8, 4) is 0 Å². The molecular formula is C9H12OS. The molecule has 0 aliphatic heterocycles. The summed E-state index contributed by atoms with van der Waals surface area (Å²) in [7, 11) is 0. The molecule has 0 amide bonds. The molecule has 0 radical (unpaired) electrons. The number of benzene rings is 1. The molecule has 0 fully saturated rings. The van der Waals surface area contributed by atoms with Crippen LogP contribution in [-0.2, 0) is 11.3 Å². The maximum Gasteiger partial charge on any atom is 0.0716 e. The highest BCUT2D eigenvalue weighted by atomic mass is 32.1. The Morgan fingerprint density at radius 2 is 1.91 bits per heavy atom. The molecule has 0 aromatic heterocycles. The second-order valence-electron chi connectivity index (χ2n) is 2.30. The molecule has 0 heterocycles. The van der Waals surface area contributed by atoms with Crippen molar-refractivity contribution < 1.29 is 4.74 Å². The van der Waals surface area contributed by atoms with Gasteiger partial charge in [-0.05, 0) is 24.6 Å². The van der Waals surface area contributed by atoms with Crippen molar-refractivity contribution in [1.82, 2.24) is 0 Å². The first-order valence-electron chi connectivity index (χ1n) is 3.68. The van der Waals surface area contributed by atoms with Crippen molar-refractivity contribution in [3.63, 3.8) is 0 Å². The fourth-order valence-electron chi connectivity index (χ4n) is 0.812. The van der Waals surface area contributed by atoms with E-state index in [0.717, 1.165) is 11.5 Å². The summed E-state index contributed by atoms with van der Waals surface area (Å²) in [5.74, 6) is 0. The van der Waals surface area contributed by atoms with E-state index in [1.54, 1.807) is 0 Å². The molecule has 0 aliphatic rings. The van der Waals surface area contributed by atoms with E-state index in [4.69, 9.17) is 4.74 Å². The fourth-order valence-corrected chi connectivity index (χ4v) is 0.961. The van der Waals surface area contributed by atoms with E-state index in [9.17, 15) is 0 Å². The first-order valence-corrected chi connectivity index (χ1v) is 4.13. The molecular weight excluding hydrogens is 156 g/mol.